The number of hydrogen-bond donors (Lipinski definition) is 3. The summed E-state index contributed by atoms with van der Waals surface area (Å²) in [5, 5.41) is 12.2. The van der Waals surface area contributed by atoms with Crippen LogP contribution in [0.2, 0.25) is 5.02 Å². The lowest BCUT2D eigenvalue weighted by molar-refractivity contribution is -0.116. The number of carbonyl (C=O) groups excluding carboxylic acids is 1. The number of amides is 1. The summed E-state index contributed by atoms with van der Waals surface area (Å²) in [6.07, 6.45) is 1.11. The molecule has 0 saturated heterocycles. The van der Waals surface area contributed by atoms with Gasteiger partial charge in [0, 0.05) is 37.8 Å². The van der Waals surface area contributed by atoms with Gasteiger partial charge in [-0.25, -0.2) is 0 Å². The van der Waals surface area contributed by atoms with Gasteiger partial charge in [-0.2, -0.15) is 0 Å². The molecule has 0 heterocycles. The molecule has 0 aromatic heterocycles. The number of nitrogens with zero attached hydrogens (tertiary/aromatic N) is 1. The molecule has 0 aliphatic rings. The van der Waals surface area contributed by atoms with Crippen molar-refractivity contribution in [2.24, 2.45) is 0 Å². The monoisotopic (exact) mass is 313 g/mol. The molecule has 4 N–H and O–H groups in total. The van der Waals surface area contributed by atoms with E-state index >= 15 is 0 Å². The summed E-state index contributed by atoms with van der Waals surface area (Å²) in [5.41, 5.74) is 6.79. The summed E-state index contributed by atoms with van der Waals surface area (Å²) in [4.78, 5) is 14.1. The van der Waals surface area contributed by atoms with Gasteiger partial charge in [0.15, 0.2) is 0 Å². The van der Waals surface area contributed by atoms with Gasteiger partial charge in [0.1, 0.15) is 0 Å². The maximum atomic E-state index is 11.9. The van der Waals surface area contributed by atoms with E-state index in [0.717, 1.165) is 6.54 Å². The molecule has 21 heavy (non-hydrogen) atoms. The van der Waals surface area contributed by atoms with Crippen molar-refractivity contribution in [1.82, 2.24) is 4.90 Å². The molecule has 1 rings (SSSR count). The van der Waals surface area contributed by atoms with Gasteiger partial charge in [-0.05, 0) is 38.5 Å². The fourth-order valence-corrected chi connectivity index (χ4v) is 2.11. The van der Waals surface area contributed by atoms with E-state index in [9.17, 15) is 4.79 Å². The maximum absolute atomic E-state index is 11.9. The van der Waals surface area contributed by atoms with Crippen molar-refractivity contribution in [3.63, 3.8) is 0 Å². The molecule has 1 aromatic carbocycles. The number of benzene rings is 1. The van der Waals surface area contributed by atoms with Crippen LogP contribution >= 0.6 is 11.6 Å². The van der Waals surface area contributed by atoms with E-state index in [2.05, 4.69) is 24.1 Å². The van der Waals surface area contributed by atoms with Crippen LogP contribution in [-0.2, 0) is 4.79 Å². The first kappa shape index (κ1) is 17.8. The summed E-state index contributed by atoms with van der Waals surface area (Å²) in [6, 6.07) is 5.37. The third-order valence-electron chi connectivity index (χ3n) is 3.24. The number of aliphatic hydroxyl groups is 1. The zero-order chi connectivity index (χ0) is 15.8. The van der Waals surface area contributed by atoms with Gasteiger partial charge in [-0.1, -0.05) is 11.6 Å². The number of rotatable bonds is 8. The highest BCUT2D eigenvalue weighted by Gasteiger charge is 2.11. The van der Waals surface area contributed by atoms with Crippen LogP contribution in [0.3, 0.4) is 0 Å². The number of nitrogens with two attached hydrogens (primary N) is 1. The van der Waals surface area contributed by atoms with Gasteiger partial charge < -0.3 is 21.1 Å². The molecule has 0 spiro atoms. The van der Waals surface area contributed by atoms with Crippen molar-refractivity contribution < 1.29 is 9.90 Å². The lowest BCUT2D eigenvalue weighted by Crippen LogP contribution is -2.35. The Morgan fingerprint density at radius 2 is 2.14 bits per heavy atom. The Kier molecular flexibility index (Phi) is 7.50. The standard InChI is InChI=1S/C15H24ClN3O2/c1-11(2)19(7-3-9-20)8-6-15(21)18-12-4-5-13(16)14(17)10-12/h4-5,10-11,20H,3,6-9,17H2,1-2H3,(H,18,21). The quantitative estimate of drug-likeness (QED) is 0.644. The number of anilines is 2. The van der Waals surface area contributed by atoms with Gasteiger partial charge >= 0.3 is 0 Å². The predicted molar refractivity (Wildman–Crippen MR) is 87.5 cm³/mol. The van der Waals surface area contributed by atoms with Crippen molar-refractivity contribution in [1.29, 1.82) is 0 Å². The largest absolute Gasteiger partial charge is 0.397 e. The van der Waals surface area contributed by atoms with Crippen LogP contribution in [0.15, 0.2) is 18.2 Å². The van der Waals surface area contributed by atoms with Crippen molar-refractivity contribution in [3.8, 4) is 0 Å². The second kappa shape index (κ2) is 8.87. The molecule has 0 saturated carbocycles. The first-order valence-corrected chi connectivity index (χ1v) is 7.51. The van der Waals surface area contributed by atoms with E-state index in [1.165, 1.54) is 0 Å². The molecule has 1 aromatic rings. The molecule has 5 nitrogen and oxygen atoms in total. The van der Waals surface area contributed by atoms with E-state index in [1.54, 1.807) is 18.2 Å². The maximum Gasteiger partial charge on any atom is 0.225 e. The predicted octanol–water partition coefficient (Wildman–Crippen LogP) is 2.34. The van der Waals surface area contributed by atoms with Crippen molar-refractivity contribution >= 4 is 28.9 Å². The Labute approximate surface area is 131 Å². The molecule has 0 radical (unpaired) electrons. The highest BCUT2D eigenvalue weighted by Crippen LogP contribution is 2.22. The van der Waals surface area contributed by atoms with E-state index in [1.807, 2.05) is 0 Å². The zero-order valence-corrected chi connectivity index (χ0v) is 13.4. The highest BCUT2D eigenvalue weighted by atomic mass is 35.5. The molecular formula is C15H24ClN3O2. The summed E-state index contributed by atoms with van der Waals surface area (Å²) >= 11 is 5.84. The second-order valence-electron chi connectivity index (χ2n) is 5.24. The molecule has 1 amide bonds. The molecule has 0 aliphatic carbocycles. The minimum Gasteiger partial charge on any atom is -0.397 e. The summed E-state index contributed by atoms with van der Waals surface area (Å²) in [7, 11) is 0. The first-order chi connectivity index (χ1) is 9.93. The van der Waals surface area contributed by atoms with Crippen molar-refractivity contribution in [2.75, 3.05) is 30.7 Å². The van der Waals surface area contributed by atoms with Crippen LogP contribution in [-0.4, -0.2) is 41.7 Å². The van der Waals surface area contributed by atoms with E-state index in [4.69, 9.17) is 22.4 Å². The minimum atomic E-state index is -0.0635. The fourth-order valence-electron chi connectivity index (χ4n) is 1.99. The SMILES string of the molecule is CC(C)N(CCCO)CCC(=O)Nc1ccc(Cl)c(N)c1. The first-order valence-electron chi connectivity index (χ1n) is 7.13. The zero-order valence-electron chi connectivity index (χ0n) is 12.6. The van der Waals surface area contributed by atoms with Crippen LogP contribution in [0.1, 0.15) is 26.7 Å². The van der Waals surface area contributed by atoms with Crippen LogP contribution in [0.25, 0.3) is 0 Å². The average molecular weight is 314 g/mol. The highest BCUT2D eigenvalue weighted by molar-refractivity contribution is 6.33. The molecule has 0 bridgehead atoms. The van der Waals surface area contributed by atoms with Gasteiger partial charge in [0.25, 0.3) is 0 Å². The van der Waals surface area contributed by atoms with Crippen LogP contribution in [0.4, 0.5) is 11.4 Å². The van der Waals surface area contributed by atoms with Gasteiger partial charge in [-0.3, -0.25) is 4.79 Å². The fraction of sp³-hybridized carbons (Fsp3) is 0.533. The molecule has 0 atom stereocenters. The van der Waals surface area contributed by atoms with Gasteiger partial charge in [-0.15, -0.1) is 0 Å². The molecule has 0 aliphatic heterocycles. The second-order valence-corrected chi connectivity index (χ2v) is 5.65. The lowest BCUT2D eigenvalue weighted by atomic mass is 10.2. The minimum absolute atomic E-state index is 0.0635. The lowest BCUT2D eigenvalue weighted by Gasteiger charge is -2.25. The van der Waals surface area contributed by atoms with Gasteiger partial charge in [0.2, 0.25) is 5.91 Å². The van der Waals surface area contributed by atoms with Crippen LogP contribution in [0.5, 0.6) is 0 Å². The van der Waals surface area contributed by atoms with Crippen LogP contribution in [0, 0.1) is 0 Å². The van der Waals surface area contributed by atoms with E-state index in [-0.39, 0.29) is 12.5 Å². The van der Waals surface area contributed by atoms with Crippen molar-refractivity contribution in [2.45, 2.75) is 32.7 Å². The third-order valence-corrected chi connectivity index (χ3v) is 3.58. The molecule has 0 unspecified atom stereocenters. The molecule has 0 fully saturated rings. The van der Waals surface area contributed by atoms with Gasteiger partial charge in [0.05, 0.1) is 10.7 Å². The Bertz CT molecular complexity index is 466. The van der Waals surface area contributed by atoms with E-state index < -0.39 is 0 Å². The topological polar surface area (TPSA) is 78.6 Å². The molecular weight excluding hydrogens is 290 g/mol. The van der Waals surface area contributed by atoms with E-state index in [0.29, 0.717) is 41.8 Å². The molecule has 6 heteroatoms. The third kappa shape index (κ3) is 6.33. The summed E-state index contributed by atoms with van der Waals surface area (Å²) in [6.45, 7) is 5.77. The number of nitrogen functional groups attached to an aromatic ring is 1. The number of halogens is 1. The number of carbonyl (C=O) groups is 1. The Morgan fingerprint density at radius 3 is 2.71 bits per heavy atom. The Balaban J connectivity index is 2.46. The normalized spacial score (nSPS) is 11.1. The molecule has 118 valence electrons. The number of hydrogen-bond acceptors (Lipinski definition) is 4. The Morgan fingerprint density at radius 1 is 1.43 bits per heavy atom. The summed E-state index contributed by atoms with van der Waals surface area (Å²) in [5.74, 6) is -0.0635. The summed E-state index contributed by atoms with van der Waals surface area (Å²) < 4.78 is 0. The number of nitrogens with one attached hydrogen (secondary N) is 1. The number of aliphatic hydroxyl groups excluding tert-OH is 1. The van der Waals surface area contributed by atoms with Crippen molar-refractivity contribution in [3.05, 3.63) is 23.2 Å². The smallest absolute Gasteiger partial charge is 0.225 e. The Hall–Kier alpha value is -1.30. The van der Waals surface area contributed by atoms with Crippen LogP contribution < -0.4 is 11.1 Å². The average Bonchev–Trinajstić information content (AvgIpc) is 2.42.